The van der Waals surface area contributed by atoms with Gasteiger partial charge in [0.05, 0.1) is 0 Å². The van der Waals surface area contributed by atoms with E-state index in [1.165, 1.54) is 0 Å². The Morgan fingerprint density at radius 2 is 0.917 bits per heavy atom. The molecule has 0 bridgehead atoms. The van der Waals surface area contributed by atoms with Gasteiger partial charge in [0.15, 0.2) is 0 Å². The summed E-state index contributed by atoms with van der Waals surface area (Å²) in [6.07, 6.45) is 9.27. The van der Waals surface area contributed by atoms with Crippen molar-refractivity contribution in [2.45, 2.75) is 38.5 Å². The fourth-order valence-corrected chi connectivity index (χ4v) is 4.62. The number of hydrogen-bond acceptors (Lipinski definition) is 0. The largest absolute Gasteiger partial charge is 0.0630 e. The van der Waals surface area contributed by atoms with Crippen molar-refractivity contribution in [1.82, 2.24) is 0 Å². The molecule has 0 N–H and O–H groups in total. The van der Waals surface area contributed by atoms with Crippen LogP contribution >= 0.6 is 0 Å². The molecule has 4 rings (SSSR count). The van der Waals surface area contributed by atoms with Crippen LogP contribution in [0, 0.1) is 23.7 Å². The molecule has 0 aliphatic heterocycles. The lowest BCUT2D eigenvalue weighted by molar-refractivity contribution is 0.0779. The highest BCUT2D eigenvalue weighted by molar-refractivity contribution is 5.48. The first-order valence-electron chi connectivity index (χ1n) is 5.70. The van der Waals surface area contributed by atoms with Crippen molar-refractivity contribution in [2.75, 3.05) is 0 Å². The van der Waals surface area contributed by atoms with E-state index in [1.807, 2.05) is 11.1 Å². The van der Waals surface area contributed by atoms with Gasteiger partial charge in [-0.1, -0.05) is 24.0 Å². The molecule has 4 atom stereocenters. The minimum absolute atomic E-state index is 1.11. The van der Waals surface area contributed by atoms with E-state index >= 15 is 0 Å². The summed E-state index contributed by atoms with van der Waals surface area (Å²) in [5.74, 6) is 4.43. The second-order valence-corrected chi connectivity index (χ2v) is 5.20. The summed E-state index contributed by atoms with van der Waals surface area (Å²) in [5, 5.41) is 0. The van der Waals surface area contributed by atoms with Crippen molar-refractivity contribution in [3.05, 3.63) is 11.1 Å². The molecule has 12 heavy (non-hydrogen) atoms. The lowest BCUT2D eigenvalue weighted by Crippen LogP contribution is -2.53. The summed E-state index contributed by atoms with van der Waals surface area (Å²) in [6.45, 7) is 0. The van der Waals surface area contributed by atoms with Crippen molar-refractivity contribution in [1.29, 1.82) is 0 Å². The lowest BCUT2D eigenvalue weighted by atomic mass is 9.41. The summed E-state index contributed by atoms with van der Waals surface area (Å²) in [5.41, 5.74) is 3.96. The molecule has 4 aliphatic rings. The van der Waals surface area contributed by atoms with Crippen molar-refractivity contribution >= 4 is 0 Å². The van der Waals surface area contributed by atoms with Crippen LogP contribution < -0.4 is 0 Å². The highest BCUT2D eigenvalue weighted by Gasteiger charge is 2.57. The van der Waals surface area contributed by atoms with Crippen LogP contribution in [0.5, 0.6) is 0 Å². The average Bonchev–Trinajstić information content (AvgIpc) is 2.06. The Kier molecular flexibility index (Phi) is 0.939. The Morgan fingerprint density at radius 3 is 1.25 bits per heavy atom. The molecule has 2 fully saturated rings. The van der Waals surface area contributed by atoms with Gasteiger partial charge in [-0.3, -0.25) is 0 Å². The molecule has 0 saturated heterocycles. The topological polar surface area (TPSA) is 0 Å². The highest BCUT2D eigenvalue weighted by atomic mass is 14.6. The molecule has 0 nitrogen and oxygen atoms in total. The molecule has 0 aromatic carbocycles. The normalized spacial score (nSPS) is 54.0. The summed E-state index contributed by atoms with van der Waals surface area (Å²) in [4.78, 5) is 0. The second-order valence-electron chi connectivity index (χ2n) is 5.20. The van der Waals surface area contributed by atoms with Crippen molar-refractivity contribution in [3.8, 4) is 0 Å². The Bertz CT molecular complexity index is 222. The predicted octanol–water partition coefficient (Wildman–Crippen LogP) is 3.14. The molecular weight excluding hydrogens is 144 g/mol. The number of allylic oxidation sites excluding steroid dienone is 2. The quantitative estimate of drug-likeness (QED) is 0.477. The summed E-state index contributed by atoms with van der Waals surface area (Å²) in [6, 6.07) is 0. The standard InChI is InChI=1S/C12H16/c1-3-7-9-5-2-6-10-8(4-1)11(7)12(9)10/h7-10H,1-6H2. The van der Waals surface area contributed by atoms with E-state index in [0.29, 0.717) is 0 Å². The van der Waals surface area contributed by atoms with Gasteiger partial charge in [-0.05, 0) is 49.4 Å². The molecule has 4 unspecified atom stereocenters. The van der Waals surface area contributed by atoms with Gasteiger partial charge in [0.2, 0.25) is 0 Å². The second kappa shape index (κ2) is 1.81. The van der Waals surface area contributed by atoms with Gasteiger partial charge in [-0.2, -0.15) is 0 Å². The Labute approximate surface area is 74.0 Å². The van der Waals surface area contributed by atoms with E-state index in [0.717, 1.165) is 23.7 Å². The fourth-order valence-electron chi connectivity index (χ4n) is 4.62. The van der Waals surface area contributed by atoms with Crippen LogP contribution in [-0.2, 0) is 0 Å². The third kappa shape index (κ3) is 0.471. The Hall–Kier alpha value is -0.260. The molecule has 0 heteroatoms. The van der Waals surface area contributed by atoms with E-state index in [1.54, 1.807) is 38.5 Å². The van der Waals surface area contributed by atoms with Crippen molar-refractivity contribution in [3.63, 3.8) is 0 Å². The maximum Gasteiger partial charge on any atom is -0.0131 e. The summed E-state index contributed by atoms with van der Waals surface area (Å²) < 4.78 is 0. The maximum absolute atomic E-state index is 1.98. The van der Waals surface area contributed by atoms with Gasteiger partial charge in [-0.25, -0.2) is 0 Å². The Morgan fingerprint density at radius 1 is 0.583 bits per heavy atom. The van der Waals surface area contributed by atoms with Crippen molar-refractivity contribution < 1.29 is 0 Å². The monoisotopic (exact) mass is 160 g/mol. The smallest absolute Gasteiger partial charge is 0.0131 e. The lowest BCUT2D eigenvalue weighted by Gasteiger charge is -2.63. The van der Waals surface area contributed by atoms with Crippen LogP contribution in [0.3, 0.4) is 0 Å². The number of rotatable bonds is 0. The van der Waals surface area contributed by atoms with E-state index in [9.17, 15) is 0 Å². The third-order valence-electron chi connectivity index (χ3n) is 4.96. The van der Waals surface area contributed by atoms with Crippen LogP contribution in [-0.4, -0.2) is 0 Å². The first kappa shape index (κ1) is 6.23. The van der Waals surface area contributed by atoms with Gasteiger partial charge in [0.1, 0.15) is 0 Å². The van der Waals surface area contributed by atoms with Gasteiger partial charge < -0.3 is 0 Å². The average molecular weight is 160 g/mol. The molecule has 0 amide bonds. The summed E-state index contributed by atoms with van der Waals surface area (Å²) >= 11 is 0. The minimum atomic E-state index is 1.11. The number of hydrogen-bond donors (Lipinski definition) is 0. The van der Waals surface area contributed by atoms with Crippen LogP contribution in [0.15, 0.2) is 11.1 Å². The highest BCUT2D eigenvalue weighted by Crippen LogP contribution is 2.68. The molecule has 0 aromatic rings. The van der Waals surface area contributed by atoms with E-state index in [-0.39, 0.29) is 0 Å². The third-order valence-corrected chi connectivity index (χ3v) is 4.96. The maximum atomic E-state index is 1.98. The Balaban J connectivity index is 1.84. The van der Waals surface area contributed by atoms with Crippen molar-refractivity contribution in [2.24, 2.45) is 23.7 Å². The molecule has 2 saturated carbocycles. The van der Waals surface area contributed by atoms with Gasteiger partial charge in [-0.15, -0.1) is 0 Å². The predicted molar refractivity (Wildman–Crippen MR) is 48.7 cm³/mol. The SMILES string of the molecule is C1CC2C3=C4C2CCCC4C3C1. The summed E-state index contributed by atoms with van der Waals surface area (Å²) in [7, 11) is 0. The molecular formula is C12H16. The molecule has 0 spiro atoms. The number of fused-ring (bicyclic) bond motifs is 2. The first-order chi connectivity index (χ1) is 5.97. The molecule has 0 radical (unpaired) electrons. The van der Waals surface area contributed by atoms with Gasteiger partial charge in [0, 0.05) is 0 Å². The molecule has 0 heterocycles. The van der Waals surface area contributed by atoms with Gasteiger partial charge >= 0.3 is 0 Å². The zero-order chi connectivity index (χ0) is 7.71. The van der Waals surface area contributed by atoms with Crippen LogP contribution in [0.25, 0.3) is 0 Å². The van der Waals surface area contributed by atoms with E-state index in [4.69, 9.17) is 0 Å². The van der Waals surface area contributed by atoms with E-state index in [2.05, 4.69) is 0 Å². The van der Waals surface area contributed by atoms with E-state index < -0.39 is 0 Å². The minimum Gasteiger partial charge on any atom is -0.0630 e. The molecule has 4 aliphatic carbocycles. The zero-order valence-corrected chi connectivity index (χ0v) is 7.55. The zero-order valence-electron chi connectivity index (χ0n) is 7.55. The van der Waals surface area contributed by atoms with Crippen LogP contribution in [0.1, 0.15) is 38.5 Å². The molecule has 64 valence electrons. The van der Waals surface area contributed by atoms with Crippen LogP contribution in [0.4, 0.5) is 0 Å². The first-order valence-corrected chi connectivity index (χ1v) is 5.70. The van der Waals surface area contributed by atoms with Gasteiger partial charge in [0.25, 0.3) is 0 Å². The van der Waals surface area contributed by atoms with Crippen LogP contribution in [0.2, 0.25) is 0 Å². The molecule has 0 aromatic heterocycles. The fraction of sp³-hybridized carbons (Fsp3) is 0.833.